The number of hydrogen-bond acceptors (Lipinski definition) is 4. The molecule has 2 N–H and O–H groups in total. The van der Waals surface area contributed by atoms with Crippen LogP contribution in [-0.2, 0) is 4.79 Å². The Balaban J connectivity index is 2.03. The number of thiazole rings is 1. The van der Waals surface area contributed by atoms with Crippen LogP contribution in [0.3, 0.4) is 0 Å². The maximum Gasteiger partial charge on any atom is 0.328 e. The number of aromatic nitrogens is 1. The van der Waals surface area contributed by atoms with Gasteiger partial charge < -0.3 is 10.4 Å². The zero-order valence-corrected chi connectivity index (χ0v) is 10.6. The molecule has 96 valence electrons. The third kappa shape index (κ3) is 3.75. The van der Waals surface area contributed by atoms with Crippen molar-refractivity contribution in [2.75, 3.05) is 5.32 Å². The fourth-order valence-electron chi connectivity index (χ4n) is 1.36. The van der Waals surface area contributed by atoms with Crippen LogP contribution in [0.15, 0.2) is 41.2 Å². The average molecular weight is 274 g/mol. The summed E-state index contributed by atoms with van der Waals surface area (Å²) in [5.74, 6) is -1.27. The Morgan fingerprint density at radius 3 is 2.58 bits per heavy atom. The van der Waals surface area contributed by atoms with Crippen LogP contribution in [0.4, 0.5) is 5.69 Å². The molecule has 1 aromatic heterocycles. The zero-order valence-electron chi connectivity index (χ0n) is 9.74. The van der Waals surface area contributed by atoms with Gasteiger partial charge in [0.25, 0.3) is 5.91 Å². The molecule has 0 spiro atoms. The summed E-state index contributed by atoms with van der Waals surface area (Å²) in [6, 6.07) is 6.84. The van der Waals surface area contributed by atoms with Crippen LogP contribution in [0.5, 0.6) is 0 Å². The number of nitrogens with one attached hydrogen (secondary N) is 1. The molecule has 1 heterocycles. The van der Waals surface area contributed by atoms with E-state index >= 15 is 0 Å². The molecule has 0 saturated heterocycles. The van der Waals surface area contributed by atoms with E-state index in [2.05, 4.69) is 10.3 Å². The van der Waals surface area contributed by atoms with E-state index in [1.807, 2.05) is 0 Å². The molecular weight excluding hydrogens is 264 g/mol. The lowest BCUT2D eigenvalue weighted by Gasteiger charge is -2.03. The van der Waals surface area contributed by atoms with E-state index in [0.717, 1.165) is 11.6 Å². The van der Waals surface area contributed by atoms with Gasteiger partial charge in [0.2, 0.25) is 0 Å². The van der Waals surface area contributed by atoms with Gasteiger partial charge in [0.05, 0.1) is 5.51 Å². The Kier molecular flexibility index (Phi) is 4.04. The molecule has 1 aromatic carbocycles. The number of aliphatic carboxylic acids is 1. The Morgan fingerprint density at radius 1 is 1.26 bits per heavy atom. The predicted octanol–water partition coefficient (Wildman–Crippen LogP) is 2.49. The average Bonchev–Trinajstić information content (AvgIpc) is 2.92. The smallest absolute Gasteiger partial charge is 0.328 e. The van der Waals surface area contributed by atoms with Crippen molar-refractivity contribution in [3.05, 3.63) is 52.5 Å². The molecular formula is C13H10N2O3S. The number of hydrogen-bond donors (Lipinski definition) is 2. The molecule has 0 saturated carbocycles. The van der Waals surface area contributed by atoms with Crippen LogP contribution < -0.4 is 5.32 Å². The molecule has 2 aromatic rings. The van der Waals surface area contributed by atoms with Crippen molar-refractivity contribution >= 4 is 35.0 Å². The van der Waals surface area contributed by atoms with Gasteiger partial charge in [-0.15, -0.1) is 11.3 Å². The second-order valence-corrected chi connectivity index (χ2v) is 4.34. The first-order valence-electron chi connectivity index (χ1n) is 5.36. The van der Waals surface area contributed by atoms with Crippen molar-refractivity contribution in [2.45, 2.75) is 0 Å². The first-order valence-corrected chi connectivity index (χ1v) is 6.30. The van der Waals surface area contributed by atoms with Crippen LogP contribution in [0.2, 0.25) is 0 Å². The van der Waals surface area contributed by atoms with E-state index in [4.69, 9.17) is 5.11 Å². The van der Waals surface area contributed by atoms with Crippen LogP contribution in [0.1, 0.15) is 16.1 Å². The summed E-state index contributed by atoms with van der Waals surface area (Å²) in [5, 5.41) is 12.9. The minimum absolute atomic E-state index is 0.268. The van der Waals surface area contributed by atoms with Crippen LogP contribution >= 0.6 is 11.3 Å². The molecule has 19 heavy (non-hydrogen) atoms. The van der Waals surface area contributed by atoms with E-state index in [9.17, 15) is 9.59 Å². The number of carboxylic acid groups (broad SMARTS) is 1. The number of anilines is 1. The highest BCUT2D eigenvalue weighted by Gasteiger charge is 2.07. The Morgan fingerprint density at radius 2 is 2.00 bits per heavy atom. The predicted molar refractivity (Wildman–Crippen MR) is 73.2 cm³/mol. The lowest BCUT2D eigenvalue weighted by molar-refractivity contribution is -0.131. The number of carbonyl (C=O) groups excluding carboxylic acids is 1. The molecule has 0 aliphatic carbocycles. The van der Waals surface area contributed by atoms with Crippen molar-refractivity contribution in [2.24, 2.45) is 0 Å². The number of nitrogens with zero attached hydrogens (tertiary/aromatic N) is 1. The summed E-state index contributed by atoms with van der Waals surface area (Å²) in [5.41, 5.74) is 3.34. The number of amides is 1. The van der Waals surface area contributed by atoms with E-state index < -0.39 is 5.97 Å². The van der Waals surface area contributed by atoms with Gasteiger partial charge in [0.15, 0.2) is 0 Å². The standard InChI is InChI=1S/C13H10N2O3S/c16-12(17)6-3-9-1-4-10(5-2-9)15-13(18)11-7-19-8-14-11/h1-8H,(H,15,18)(H,16,17)/b6-3-. The van der Waals surface area contributed by atoms with Crippen molar-refractivity contribution < 1.29 is 14.7 Å². The maximum atomic E-state index is 11.7. The summed E-state index contributed by atoms with van der Waals surface area (Å²) >= 11 is 1.35. The lowest BCUT2D eigenvalue weighted by Crippen LogP contribution is -2.11. The molecule has 0 unspecified atom stereocenters. The Hall–Kier alpha value is -2.47. The van der Waals surface area contributed by atoms with Gasteiger partial charge in [0.1, 0.15) is 5.69 Å². The molecule has 5 nitrogen and oxygen atoms in total. The highest BCUT2D eigenvalue weighted by molar-refractivity contribution is 7.07. The minimum Gasteiger partial charge on any atom is -0.478 e. The number of carbonyl (C=O) groups is 2. The molecule has 0 atom stereocenters. The highest BCUT2D eigenvalue weighted by atomic mass is 32.1. The Labute approximate surface area is 113 Å². The normalized spacial score (nSPS) is 10.5. The minimum atomic E-state index is -0.999. The first kappa shape index (κ1) is 13.0. The first-order chi connectivity index (χ1) is 9.15. The van der Waals surface area contributed by atoms with E-state index in [1.165, 1.54) is 17.4 Å². The maximum absolute atomic E-state index is 11.7. The molecule has 1 amide bonds. The van der Waals surface area contributed by atoms with Crippen molar-refractivity contribution in [1.29, 1.82) is 0 Å². The van der Waals surface area contributed by atoms with E-state index in [1.54, 1.807) is 35.2 Å². The second kappa shape index (κ2) is 5.92. The summed E-state index contributed by atoms with van der Waals surface area (Å²) in [7, 11) is 0. The van der Waals surface area contributed by atoms with Gasteiger partial charge in [-0.2, -0.15) is 0 Å². The van der Waals surface area contributed by atoms with Gasteiger partial charge in [-0.05, 0) is 23.8 Å². The highest BCUT2D eigenvalue weighted by Crippen LogP contribution is 2.12. The molecule has 6 heteroatoms. The molecule has 0 bridgehead atoms. The molecule has 0 radical (unpaired) electrons. The fraction of sp³-hybridized carbons (Fsp3) is 0. The molecule has 2 rings (SSSR count). The Bertz CT molecular complexity index is 603. The van der Waals surface area contributed by atoms with Crippen molar-refractivity contribution in [1.82, 2.24) is 4.98 Å². The largest absolute Gasteiger partial charge is 0.478 e. The molecule has 0 aliphatic heterocycles. The third-order valence-corrected chi connectivity index (χ3v) is 2.84. The second-order valence-electron chi connectivity index (χ2n) is 3.62. The topological polar surface area (TPSA) is 79.3 Å². The summed E-state index contributed by atoms with van der Waals surface area (Å²) in [6.45, 7) is 0. The SMILES string of the molecule is O=C(O)/C=C\c1ccc(NC(=O)c2cscn2)cc1. The van der Waals surface area contributed by atoms with Gasteiger partial charge >= 0.3 is 5.97 Å². The number of carboxylic acids is 1. The molecule has 0 fully saturated rings. The quantitative estimate of drug-likeness (QED) is 0.839. The third-order valence-electron chi connectivity index (χ3n) is 2.25. The molecule has 0 aliphatic rings. The zero-order chi connectivity index (χ0) is 13.7. The monoisotopic (exact) mass is 274 g/mol. The fourth-order valence-corrected chi connectivity index (χ4v) is 1.90. The number of benzene rings is 1. The van der Waals surface area contributed by atoms with Gasteiger partial charge in [0, 0.05) is 17.1 Å². The van der Waals surface area contributed by atoms with Crippen LogP contribution in [0, 0.1) is 0 Å². The summed E-state index contributed by atoms with van der Waals surface area (Å²) < 4.78 is 0. The summed E-state index contributed by atoms with van der Waals surface area (Å²) in [6.07, 6.45) is 2.54. The number of rotatable bonds is 4. The van der Waals surface area contributed by atoms with Crippen molar-refractivity contribution in [3.8, 4) is 0 Å². The van der Waals surface area contributed by atoms with Crippen LogP contribution in [0.25, 0.3) is 6.08 Å². The lowest BCUT2D eigenvalue weighted by atomic mass is 10.2. The van der Waals surface area contributed by atoms with Crippen LogP contribution in [-0.4, -0.2) is 22.0 Å². The summed E-state index contributed by atoms with van der Waals surface area (Å²) in [4.78, 5) is 26.0. The van der Waals surface area contributed by atoms with Gasteiger partial charge in [-0.1, -0.05) is 12.1 Å². The van der Waals surface area contributed by atoms with E-state index in [0.29, 0.717) is 11.4 Å². The van der Waals surface area contributed by atoms with Gasteiger partial charge in [-0.3, -0.25) is 4.79 Å². The van der Waals surface area contributed by atoms with Gasteiger partial charge in [-0.25, -0.2) is 9.78 Å². The van der Waals surface area contributed by atoms with E-state index in [-0.39, 0.29) is 5.91 Å². The van der Waals surface area contributed by atoms with Crippen molar-refractivity contribution in [3.63, 3.8) is 0 Å².